The fourth-order valence-electron chi connectivity index (χ4n) is 10.9. The van der Waals surface area contributed by atoms with Gasteiger partial charge in [0.05, 0.1) is 36.0 Å². The Morgan fingerprint density at radius 2 is 1.56 bits per heavy atom. The molecule has 382 valence electrons. The highest BCUT2D eigenvalue weighted by Crippen LogP contribution is 2.65. The molecule has 3 fully saturated rings. The van der Waals surface area contributed by atoms with E-state index in [2.05, 4.69) is 10.6 Å². The number of ether oxygens (including phenoxy) is 8. The molecule has 0 radical (unpaired) electrons. The molecule has 18 nitrogen and oxygen atoms in total. The van der Waals surface area contributed by atoms with Crippen LogP contribution in [0.4, 0.5) is 4.79 Å². The molecular weight excluding hydrogens is 909 g/mol. The molecule has 0 spiro atoms. The molecule has 2 amide bonds. The number of rotatable bonds is 16. The lowest BCUT2D eigenvalue weighted by Gasteiger charge is -2.67. The van der Waals surface area contributed by atoms with E-state index in [1.165, 1.54) is 33.3 Å². The summed E-state index contributed by atoms with van der Waals surface area (Å²) in [4.78, 5) is 98.4. The molecule has 4 aliphatic rings. The summed E-state index contributed by atoms with van der Waals surface area (Å²) in [6.07, 6.45) is -9.84. The Hall–Kier alpha value is -5.69. The van der Waals surface area contributed by atoms with Crippen LogP contribution in [-0.2, 0) is 61.9 Å². The van der Waals surface area contributed by atoms with E-state index in [0.717, 1.165) is 0 Å². The molecule has 6 rings (SSSR count). The van der Waals surface area contributed by atoms with Gasteiger partial charge in [0, 0.05) is 52.4 Å². The van der Waals surface area contributed by atoms with Gasteiger partial charge in [-0.1, -0.05) is 69.3 Å². The number of hydrogen-bond acceptors (Lipinski definition) is 16. The summed E-state index contributed by atoms with van der Waals surface area (Å²) in [5, 5.41) is 19.3. The highest BCUT2D eigenvalue weighted by Gasteiger charge is 2.78. The Labute approximate surface area is 408 Å². The van der Waals surface area contributed by atoms with E-state index in [4.69, 9.17) is 37.9 Å². The fourth-order valence-corrected chi connectivity index (χ4v) is 10.9. The van der Waals surface area contributed by atoms with Crippen molar-refractivity contribution in [2.24, 2.45) is 16.7 Å². The van der Waals surface area contributed by atoms with Crippen molar-refractivity contribution in [2.45, 2.75) is 154 Å². The molecule has 2 bridgehead atoms. The number of ketones is 1. The van der Waals surface area contributed by atoms with Crippen LogP contribution in [0.2, 0.25) is 0 Å². The van der Waals surface area contributed by atoms with Gasteiger partial charge in [0.25, 0.3) is 0 Å². The number of aliphatic hydroxyl groups is 1. The maximum atomic E-state index is 15.8. The van der Waals surface area contributed by atoms with E-state index in [1.54, 1.807) is 97.0 Å². The molecule has 2 aromatic carbocycles. The van der Waals surface area contributed by atoms with Crippen LogP contribution >= 0.6 is 0 Å². The number of fused-ring (bicyclic) bond motifs is 5. The van der Waals surface area contributed by atoms with E-state index < -0.39 is 131 Å². The Kier molecular flexibility index (Phi) is 16.1. The van der Waals surface area contributed by atoms with Gasteiger partial charge in [-0.3, -0.25) is 19.2 Å². The van der Waals surface area contributed by atoms with Crippen molar-refractivity contribution < 1.29 is 76.6 Å². The van der Waals surface area contributed by atoms with Crippen molar-refractivity contribution in [3.05, 3.63) is 82.9 Å². The largest absolute Gasteiger partial charge is 0.455 e. The Balaban J connectivity index is 1.53. The van der Waals surface area contributed by atoms with Crippen LogP contribution in [0.5, 0.6) is 0 Å². The smallest absolute Gasteiger partial charge is 0.408 e. The van der Waals surface area contributed by atoms with E-state index in [0.29, 0.717) is 18.5 Å². The van der Waals surface area contributed by atoms with Crippen LogP contribution in [-0.4, -0.2) is 128 Å². The van der Waals surface area contributed by atoms with E-state index in [-0.39, 0.29) is 36.2 Å². The van der Waals surface area contributed by atoms with Gasteiger partial charge >= 0.3 is 30.0 Å². The number of alkyl carbamates (subject to hydrolysis) is 1. The van der Waals surface area contributed by atoms with Crippen LogP contribution in [0.15, 0.2) is 71.8 Å². The molecule has 1 heterocycles. The first kappa shape index (κ1) is 53.7. The molecule has 1 aliphatic heterocycles. The summed E-state index contributed by atoms with van der Waals surface area (Å²) in [5.74, 6) is -6.11. The Morgan fingerprint density at radius 3 is 2.11 bits per heavy atom. The second-order valence-corrected chi connectivity index (χ2v) is 20.3. The van der Waals surface area contributed by atoms with Gasteiger partial charge in [0.1, 0.15) is 41.7 Å². The van der Waals surface area contributed by atoms with Crippen LogP contribution in [0.25, 0.3) is 0 Å². The molecule has 70 heavy (non-hydrogen) atoms. The monoisotopic (exact) mass is 976 g/mol. The maximum absolute atomic E-state index is 15.8. The van der Waals surface area contributed by atoms with Crippen molar-refractivity contribution in [2.75, 3.05) is 27.4 Å². The number of amides is 2. The minimum Gasteiger partial charge on any atom is -0.455 e. The number of methoxy groups -OCH3 is 2. The van der Waals surface area contributed by atoms with Crippen molar-refractivity contribution in [1.29, 1.82) is 0 Å². The van der Waals surface area contributed by atoms with Crippen LogP contribution in [0.3, 0.4) is 0 Å². The lowest BCUT2D eigenvalue weighted by atomic mass is 9.44. The normalized spacial score (nSPS) is 29.7. The molecule has 2 saturated carbocycles. The molecule has 0 aromatic heterocycles. The average Bonchev–Trinajstić information content (AvgIpc) is 3.29. The van der Waals surface area contributed by atoms with Gasteiger partial charge in [-0.25, -0.2) is 14.4 Å². The predicted octanol–water partition coefficient (Wildman–Crippen LogP) is 5.43. The summed E-state index contributed by atoms with van der Waals surface area (Å²) in [5.41, 5.74) is -7.30. The van der Waals surface area contributed by atoms with Crippen molar-refractivity contribution in [3.8, 4) is 0 Å². The van der Waals surface area contributed by atoms with Crippen LogP contribution in [0, 0.1) is 16.7 Å². The van der Waals surface area contributed by atoms with Gasteiger partial charge in [-0.2, -0.15) is 0 Å². The zero-order valence-electron chi connectivity index (χ0n) is 41.9. The third-order valence-electron chi connectivity index (χ3n) is 14.4. The minimum atomic E-state index is -2.31. The highest BCUT2D eigenvalue weighted by atomic mass is 16.6. The van der Waals surface area contributed by atoms with Gasteiger partial charge in [0.15, 0.2) is 11.4 Å². The van der Waals surface area contributed by atoms with Crippen molar-refractivity contribution in [1.82, 2.24) is 10.6 Å². The molecule has 11 atom stereocenters. The van der Waals surface area contributed by atoms with Gasteiger partial charge in [0.2, 0.25) is 12.0 Å². The summed E-state index contributed by atoms with van der Waals surface area (Å²) >= 11 is 0. The molecule has 3 aliphatic carbocycles. The first-order valence-corrected chi connectivity index (χ1v) is 23.7. The van der Waals surface area contributed by atoms with Crippen LogP contribution in [0.1, 0.15) is 116 Å². The van der Waals surface area contributed by atoms with E-state index in [9.17, 15) is 29.1 Å². The average molecular weight is 977 g/mol. The third kappa shape index (κ3) is 10.2. The first-order chi connectivity index (χ1) is 32.9. The second-order valence-electron chi connectivity index (χ2n) is 20.3. The van der Waals surface area contributed by atoms with Gasteiger partial charge in [-0.05, 0) is 69.9 Å². The molecule has 0 unspecified atom stereocenters. The SMILES string of the molecule is CCCNC(=O)CCC(=O)O[C@@H](C(=O)O[C@H]1C[C@@]2(O)[C@@H](OC(=O)c3ccccc3)[C@@H]3[C@]4(OC(C)=O)CO[C@@H]4C[C@H](OC)[C@@]3(C)C(=O)[C@H](OC)C(=C1C)C2(C)C)[C@@H](NC(=O)OC(C)(C)C)c1ccccc1. The molecule has 3 N–H and O–H groups in total. The molecular formula is C52H68N2O16. The van der Waals surface area contributed by atoms with Gasteiger partial charge < -0.3 is 53.6 Å². The van der Waals surface area contributed by atoms with Crippen molar-refractivity contribution >= 4 is 41.7 Å². The lowest BCUT2D eigenvalue weighted by Crippen LogP contribution is -2.82. The predicted molar refractivity (Wildman–Crippen MR) is 250 cm³/mol. The minimum absolute atomic E-state index is 0.0851. The third-order valence-corrected chi connectivity index (χ3v) is 14.4. The molecule has 1 saturated heterocycles. The topological polar surface area (TPSA) is 238 Å². The van der Waals surface area contributed by atoms with E-state index in [1.807, 2.05) is 6.92 Å². The zero-order valence-corrected chi connectivity index (χ0v) is 41.9. The number of benzene rings is 2. The standard InChI is InChI=1S/C52H68N2O16/c1-12-25-53-36(56)23-24-37(57)67-41(39(31-19-15-13-16-20-31)54-47(61)70-48(4,5)6)46(60)66-33-27-52(62)44(68-45(59)32-21-17-14-18-22-32)42-50(9,43(58)40(64-11)38(29(33)2)49(52,7)8)34(63-10)26-35-51(42,28-65-35)69-30(3)55/h13-22,33-35,39-42,44,62H,12,23-28H2,1-11H3,(H,53,56)(H,54,61)/t33-,34-,35+,39-,40+,41+,42-,44-,50+,51-,52+/m0/s1. The second kappa shape index (κ2) is 21.0. The maximum Gasteiger partial charge on any atom is 0.408 e. The summed E-state index contributed by atoms with van der Waals surface area (Å²) in [6, 6.07) is 14.8. The molecule has 2 aromatic rings. The van der Waals surface area contributed by atoms with Crippen LogP contribution < -0.4 is 10.6 Å². The highest BCUT2D eigenvalue weighted by molar-refractivity contribution is 5.94. The number of hydrogen-bond donors (Lipinski definition) is 3. The quantitative estimate of drug-likeness (QED) is 0.108. The Morgan fingerprint density at radius 1 is 0.914 bits per heavy atom. The summed E-state index contributed by atoms with van der Waals surface area (Å²) in [6.45, 7) is 14.7. The Bertz CT molecular complexity index is 2330. The fraction of sp³-hybridized carbons (Fsp3) is 0.596. The van der Waals surface area contributed by atoms with Gasteiger partial charge in [-0.15, -0.1) is 0 Å². The number of Topliss-reactive ketones (excluding diaryl/α,β-unsaturated/α-hetero) is 1. The summed E-state index contributed by atoms with van der Waals surface area (Å²) in [7, 11) is 2.75. The van der Waals surface area contributed by atoms with E-state index >= 15 is 9.59 Å². The number of esters is 4. The summed E-state index contributed by atoms with van der Waals surface area (Å²) < 4.78 is 49.0. The first-order valence-electron chi connectivity index (χ1n) is 23.7. The van der Waals surface area contributed by atoms with Crippen molar-refractivity contribution in [3.63, 3.8) is 0 Å². The number of nitrogens with one attached hydrogen (secondary N) is 2. The number of carbonyl (C=O) groups excluding carboxylic acids is 7. The lowest BCUT2D eigenvalue weighted by molar-refractivity contribution is -0.347. The molecule has 18 heteroatoms. The number of carbonyl (C=O) groups is 7. The zero-order chi connectivity index (χ0) is 51.6.